The number of rotatable bonds is 7. The van der Waals surface area contributed by atoms with E-state index in [0.717, 1.165) is 0 Å². The maximum absolute atomic E-state index is 12.2. The normalized spacial score (nSPS) is 18.0. The molecule has 0 aromatic heterocycles. The third-order valence-corrected chi connectivity index (χ3v) is 4.66. The number of carbonyl (C=O) groups is 1. The monoisotopic (exact) mass is 386 g/mol. The van der Waals surface area contributed by atoms with Gasteiger partial charge in [0, 0.05) is 18.2 Å². The van der Waals surface area contributed by atoms with Crippen LogP contribution < -0.4 is 18.9 Å². The Labute approximate surface area is 163 Å². The van der Waals surface area contributed by atoms with Crippen LogP contribution in [-0.2, 0) is 19.9 Å². The molecule has 1 atom stereocenters. The summed E-state index contributed by atoms with van der Waals surface area (Å²) in [6, 6.07) is 10.6. The molecule has 1 heterocycles. The summed E-state index contributed by atoms with van der Waals surface area (Å²) in [7, 11) is 7.48. The van der Waals surface area contributed by atoms with Crippen molar-refractivity contribution in [3.8, 4) is 23.0 Å². The fourth-order valence-corrected chi connectivity index (χ4v) is 3.32. The van der Waals surface area contributed by atoms with Gasteiger partial charge in [-0.1, -0.05) is 18.2 Å². The zero-order valence-electron chi connectivity index (χ0n) is 16.4. The molecule has 0 spiro atoms. The minimum Gasteiger partial charge on any atom is -0.493 e. The van der Waals surface area contributed by atoms with Crippen LogP contribution in [0.1, 0.15) is 11.1 Å². The number of ether oxygens (including phenoxy) is 6. The SMILES string of the molecule is COC1=C(c2cc(OC)c(OC)c(OC)c2)Oc2ccccc2C1(C=O)OC. The van der Waals surface area contributed by atoms with Gasteiger partial charge < -0.3 is 28.4 Å². The first-order chi connectivity index (χ1) is 13.6. The highest BCUT2D eigenvalue weighted by molar-refractivity contribution is 5.83. The van der Waals surface area contributed by atoms with Crippen molar-refractivity contribution in [3.63, 3.8) is 0 Å². The summed E-state index contributed by atoms with van der Waals surface area (Å²) >= 11 is 0. The number of benzene rings is 2. The van der Waals surface area contributed by atoms with Gasteiger partial charge in [0.2, 0.25) is 11.4 Å². The molecule has 148 valence electrons. The molecule has 3 rings (SSSR count). The lowest BCUT2D eigenvalue weighted by Gasteiger charge is -2.35. The number of hydrogen-bond acceptors (Lipinski definition) is 7. The van der Waals surface area contributed by atoms with E-state index in [1.165, 1.54) is 35.5 Å². The third-order valence-electron chi connectivity index (χ3n) is 4.66. The molecule has 0 bridgehead atoms. The summed E-state index contributed by atoms with van der Waals surface area (Å²) < 4.78 is 33.6. The lowest BCUT2D eigenvalue weighted by atomic mass is 9.88. The van der Waals surface area contributed by atoms with Gasteiger partial charge in [0.25, 0.3) is 0 Å². The average Bonchev–Trinajstić information content (AvgIpc) is 2.76. The van der Waals surface area contributed by atoms with Crippen molar-refractivity contribution >= 4 is 12.0 Å². The molecule has 28 heavy (non-hydrogen) atoms. The van der Waals surface area contributed by atoms with Crippen LogP contribution in [-0.4, -0.2) is 41.8 Å². The van der Waals surface area contributed by atoms with Gasteiger partial charge in [0.1, 0.15) is 5.75 Å². The van der Waals surface area contributed by atoms with E-state index in [2.05, 4.69) is 0 Å². The van der Waals surface area contributed by atoms with E-state index in [-0.39, 0.29) is 5.76 Å². The summed E-state index contributed by atoms with van der Waals surface area (Å²) in [6.07, 6.45) is 0.700. The molecule has 0 N–H and O–H groups in total. The predicted molar refractivity (Wildman–Crippen MR) is 102 cm³/mol. The lowest BCUT2D eigenvalue weighted by molar-refractivity contribution is -0.129. The first-order valence-electron chi connectivity index (χ1n) is 8.48. The largest absolute Gasteiger partial charge is 0.493 e. The number of aldehydes is 1. The molecule has 2 aromatic rings. The fourth-order valence-electron chi connectivity index (χ4n) is 3.32. The number of carbonyl (C=O) groups excluding carboxylic acids is 1. The number of methoxy groups -OCH3 is 5. The Kier molecular flexibility index (Phi) is 5.46. The van der Waals surface area contributed by atoms with Gasteiger partial charge in [-0.05, 0) is 18.2 Å². The van der Waals surface area contributed by atoms with Gasteiger partial charge in [0.15, 0.2) is 29.3 Å². The molecule has 7 nitrogen and oxygen atoms in total. The Morgan fingerprint density at radius 3 is 2.04 bits per heavy atom. The molecule has 0 aliphatic carbocycles. The van der Waals surface area contributed by atoms with Gasteiger partial charge in [-0.15, -0.1) is 0 Å². The Morgan fingerprint density at radius 1 is 0.893 bits per heavy atom. The standard InChI is InChI=1S/C21H22O7/c1-23-16-10-13(11-17(24-2)19(16)25-3)18-20(26-4)21(12-22,27-5)14-8-6-7-9-15(14)28-18/h6-12H,1-5H3. The molecule has 7 heteroatoms. The topological polar surface area (TPSA) is 72.5 Å². The van der Waals surface area contributed by atoms with E-state index in [1.807, 2.05) is 6.07 Å². The minimum absolute atomic E-state index is 0.220. The Morgan fingerprint density at radius 2 is 1.54 bits per heavy atom. The second kappa shape index (κ2) is 7.82. The molecule has 0 saturated carbocycles. The van der Waals surface area contributed by atoms with E-state index in [0.29, 0.717) is 46.2 Å². The number of fused-ring (bicyclic) bond motifs is 1. The summed E-state index contributed by atoms with van der Waals surface area (Å²) in [4.78, 5) is 12.2. The molecule has 0 radical (unpaired) electrons. The van der Waals surface area contributed by atoms with Crippen LogP contribution in [0.2, 0.25) is 0 Å². The van der Waals surface area contributed by atoms with Crippen molar-refractivity contribution in [3.05, 3.63) is 53.3 Å². The smallest absolute Gasteiger partial charge is 0.212 e. The van der Waals surface area contributed by atoms with Gasteiger partial charge in [-0.2, -0.15) is 0 Å². The van der Waals surface area contributed by atoms with E-state index < -0.39 is 5.60 Å². The first kappa shape index (κ1) is 19.6. The zero-order chi connectivity index (χ0) is 20.3. The van der Waals surface area contributed by atoms with Crippen molar-refractivity contribution < 1.29 is 33.2 Å². The van der Waals surface area contributed by atoms with Crippen LogP contribution in [0.3, 0.4) is 0 Å². The molecule has 1 aliphatic heterocycles. The molecule has 2 aromatic carbocycles. The zero-order valence-corrected chi connectivity index (χ0v) is 16.4. The quantitative estimate of drug-likeness (QED) is 0.677. The van der Waals surface area contributed by atoms with E-state index in [9.17, 15) is 4.79 Å². The summed E-state index contributed by atoms with van der Waals surface area (Å²) in [6.45, 7) is 0. The second-order valence-electron chi connectivity index (χ2n) is 5.93. The van der Waals surface area contributed by atoms with Gasteiger partial charge >= 0.3 is 0 Å². The second-order valence-corrected chi connectivity index (χ2v) is 5.93. The predicted octanol–water partition coefficient (Wildman–Crippen LogP) is 3.16. The molecule has 0 fully saturated rings. The highest BCUT2D eigenvalue weighted by Gasteiger charge is 2.46. The van der Waals surface area contributed by atoms with Gasteiger partial charge in [-0.25, -0.2) is 0 Å². The third kappa shape index (κ3) is 2.84. The van der Waals surface area contributed by atoms with Crippen LogP contribution in [0.25, 0.3) is 5.76 Å². The minimum atomic E-state index is -1.45. The van der Waals surface area contributed by atoms with Crippen LogP contribution >= 0.6 is 0 Å². The molecule has 0 saturated heterocycles. The van der Waals surface area contributed by atoms with Crippen LogP contribution in [0.4, 0.5) is 0 Å². The Bertz CT molecular complexity index is 894. The fraction of sp³-hybridized carbons (Fsp3) is 0.286. The molecular formula is C21H22O7. The Balaban J connectivity index is 2.31. The molecular weight excluding hydrogens is 364 g/mol. The van der Waals surface area contributed by atoms with Crippen molar-refractivity contribution in [1.29, 1.82) is 0 Å². The number of para-hydroxylation sites is 1. The lowest BCUT2D eigenvalue weighted by Crippen LogP contribution is -2.38. The van der Waals surface area contributed by atoms with Crippen LogP contribution in [0, 0.1) is 0 Å². The molecule has 1 aliphatic rings. The van der Waals surface area contributed by atoms with Gasteiger partial charge in [0.05, 0.1) is 28.4 Å². The summed E-state index contributed by atoms with van der Waals surface area (Å²) in [5.41, 5.74) is -0.316. The average molecular weight is 386 g/mol. The van der Waals surface area contributed by atoms with Crippen molar-refractivity contribution in [2.75, 3.05) is 35.5 Å². The Hall–Kier alpha value is -3.19. The van der Waals surface area contributed by atoms with Crippen LogP contribution in [0.15, 0.2) is 42.2 Å². The summed E-state index contributed by atoms with van der Waals surface area (Å²) in [5, 5.41) is 0. The maximum Gasteiger partial charge on any atom is 0.212 e. The van der Waals surface area contributed by atoms with E-state index in [4.69, 9.17) is 28.4 Å². The number of hydrogen-bond donors (Lipinski definition) is 0. The van der Waals surface area contributed by atoms with Crippen molar-refractivity contribution in [2.24, 2.45) is 0 Å². The van der Waals surface area contributed by atoms with Gasteiger partial charge in [-0.3, -0.25) is 4.79 Å². The first-order valence-corrected chi connectivity index (χ1v) is 8.48. The van der Waals surface area contributed by atoms with E-state index in [1.54, 1.807) is 30.3 Å². The molecule has 0 amide bonds. The van der Waals surface area contributed by atoms with Crippen LogP contribution in [0.5, 0.6) is 23.0 Å². The molecule has 1 unspecified atom stereocenters. The summed E-state index contributed by atoms with van der Waals surface area (Å²) in [5.74, 6) is 2.35. The highest BCUT2D eigenvalue weighted by Crippen LogP contribution is 2.48. The van der Waals surface area contributed by atoms with Crippen molar-refractivity contribution in [2.45, 2.75) is 5.60 Å². The highest BCUT2D eigenvalue weighted by atomic mass is 16.6. The van der Waals surface area contributed by atoms with Crippen molar-refractivity contribution in [1.82, 2.24) is 0 Å². The maximum atomic E-state index is 12.2. The van der Waals surface area contributed by atoms with E-state index >= 15 is 0 Å².